The van der Waals surface area contributed by atoms with E-state index in [1.54, 1.807) is 23.6 Å². The summed E-state index contributed by atoms with van der Waals surface area (Å²) in [6.45, 7) is 0. The van der Waals surface area contributed by atoms with Gasteiger partial charge in [-0.15, -0.1) is 11.3 Å². The number of pyridine rings is 1. The fraction of sp³-hybridized carbons (Fsp3) is 0.0667. The Balaban J connectivity index is 1.90. The van der Waals surface area contributed by atoms with Gasteiger partial charge in [-0.05, 0) is 41.3 Å². The van der Waals surface area contributed by atoms with Crippen molar-refractivity contribution in [1.82, 2.24) is 4.98 Å². The largest absolute Gasteiger partial charge is 0.294 e. The van der Waals surface area contributed by atoms with E-state index < -0.39 is 0 Å². The number of ketones is 1. The van der Waals surface area contributed by atoms with E-state index in [0.717, 1.165) is 14.7 Å². The maximum absolute atomic E-state index is 13.2. The molecule has 2 heterocycles. The Bertz CT molecular complexity index is 799. The standard InChI is InChI=1S/C15H9BrFNOS/c16-12-2-1-11(17)5-9(12)6-14(19)10-7-15-13(18-8-10)3-4-20-15/h1-5,7-8H,6H2. The molecule has 20 heavy (non-hydrogen) atoms. The van der Waals surface area contributed by atoms with Crippen molar-refractivity contribution in [3.63, 3.8) is 0 Å². The molecule has 0 aliphatic carbocycles. The van der Waals surface area contributed by atoms with Crippen LogP contribution in [0.1, 0.15) is 15.9 Å². The number of Topliss-reactive ketones (excluding diaryl/α,β-unsaturated/α-hetero) is 1. The van der Waals surface area contributed by atoms with Gasteiger partial charge in [-0.2, -0.15) is 0 Å². The minimum atomic E-state index is -0.345. The zero-order valence-corrected chi connectivity index (χ0v) is 12.7. The number of halogens is 2. The highest BCUT2D eigenvalue weighted by Crippen LogP contribution is 2.22. The number of thiophene rings is 1. The van der Waals surface area contributed by atoms with E-state index in [4.69, 9.17) is 0 Å². The third-order valence-electron chi connectivity index (χ3n) is 2.98. The molecule has 0 saturated heterocycles. The normalized spacial score (nSPS) is 10.9. The molecule has 0 atom stereocenters. The topological polar surface area (TPSA) is 30.0 Å². The fourth-order valence-corrected chi connectivity index (χ4v) is 3.12. The second kappa shape index (κ2) is 5.42. The van der Waals surface area contributed by atoms with Crippen molar-refractivity contribution in [3.05, 3.63) is 63.3 Å². The number of rotatable bonds is 3. The average molecular weight is 350 g/mol. The lowest BCUT2D eigenvalue weighted by Gasteiger charge is -2.04. The van der Waals surface area contributed by atoms with E-state index >= 15 is 0 Å². The van der Waals surface area contributed by atoms with Gasteiger partial charge in [-0.3, -0.25) is 9.78 Å². The second-order valence-corrected chi connectivity index (χ2v) is 6.17. The van der Waals surface area contributed by atoms with Crippen LogP contribution in [-0.2, 0) is 6.42 Å². The van der Waals surface area contributed by atoms with Gasteiger partial charge < -0.3 is 0 Å². The molecule has 0 N–H and O–H groups in total. The van der Waals surface area contributed by atoms with Gasteiger partial charge in [0.2, 0.25) is 0 Å². The summed E-state index contributed by atoms with van der Waals surface area (Å²) in [5.74, 6) is -0.415. The van der Waals surface area contributed by atoms with Gasteiger partial charge in [-0.1, -0.05) is 15.9 Å². The molecule has 0 aliphatic heterocycles. The van der Waals surface area contributed by atoms with E-state index in [2.05, 4.69) is 20.9 Å². The summed E-state index contributed by atoms with van der Waals surface area (Å²) in [6, 6.07) is 8.09. The average Bonchev–Trinajstić information content (AvgIpc) is 2.90. The highest BCUT2D eigenvalue weighted by atomic mass is 79.9. The zero-order chi connectivity index (χ0) is 14.1. The molecule has 0 unspecified atom stereocenters. The molecule has 5 heteroatoms. The molecule has 0 radical (unpaired) electrons. The summed E-state index contributed by atoms with van der Waals surface area (Å²) in [6.07, 6.45) is 1.72. The van der Waals surface area contributed by atoms with Gasteiger partial charge in [0, 0.05) is 22.7 Å². The number of aromatic nitrogens is 1. The Morgan fingerprint density at radius 1 is 1.30 bits per heavy atom. The highest BCUT2D eigenvalue weighted by molar-refractivity contribution is 9.10. The molecule has 100 valence electrons. The van der Waals surface area contributed by atoms with Gasteiger partial charge >= 0.3 is 0 Å². The number of hydrogen-bond acceptors (Lipinski definition) is 3. The predicted octanol–water partition coefficient (Wildman–Crippen LogP) is 4.62. The number of carbonyl (C=O) groups excluding carboxylic acids is 1. The number of benzene rings is 1. The SMILES string of the molecule is O=C(Cc1cc(F)ccc1Br)c1cnc2ccsc2c1. The first kappa shape index (κ1) is 13.4. The van der Waals surface area contributed by atoms with Gasteiger partial charge in [-0.25, -0.2) is 4.39 Å². The third kappa shape index (κ3) is 2.64. The molecular weight excluding hydrogens is 341 g/mol. The van der Waals surface area contributed by atoms with Gasteiger partial charge in [0.25, 0.3) is 0 Å². The van der Waals surface area contributed by atoms with Crippen LogP contribution in [0.25, 0.3) is 10.2 Å². The van der Waals surface area contributed by atoms with E-state index in [1.807, 2.05) is 17.5 Å². The number of carbonyl (C=O) groups is 1. The van der Waals surface area contributed by atoms with Crippen molar-refractivity contribution in [2.45, 2.75) is 6.42 Å². The Kier molecular flexibility index (Phi) is 3.63. The van der Waals surface area contributed by atoms with E-state index in [-0.39, 0.29) is 18.0 Å². The van der Waals surface area contributed by atoms with Crippen LogP contribution < -0.4 is 0 Å². The molecule has 0 spiro atoms. The van der Waals surface area contributed by atoms with Crippen LogP contribution in [0.15, 0.2) is 46.4 Å². The maximum atomic E-state index is 13.2. The van der Waals surface area contributed by atoms with Crippen LogP contribution >= 0.6 is 27.3 Å². The van der Waals surface area contributed by atoms with Crippen LogP contribution in [0.3, 0.4) is 0 Å². The minimum absolute atomic E-state index is 0.0703. The Hall–Kier alpha value is -1.59. The molecule has 0 bridgehead atoms. The first-order chi connectivity index (χ1) is 9.63. The zero-order valence-electron chi connectivity index (χ0n) is 10.3. The van der Waals surface area contributed by atoms with Crippen molar-refractivity contribution in [2.24, 2.45) is 0 Å². The molecule has 0 fully saturated rings. The van der Waals surface area contributed by atoms with Crippen LogP contribution in [0.4, 0.5) is 4.39 Å². The van der Waals surface area contributed by atoms with Crippen molar-refractivity contribution >= 4 is 43.3 Å². The quantitative estimate of drug-likeness (QED) is 0.645. The Labute approximate surface area is 127 Å². The number of nitrogens with zero attached hydrogens (tertiary/aromatic N) is 1. The first-order valence-electron chi connectivity index (χ1n) is 5.94. The number of fused-ring (bicyclic) bond motifs is 1. The number of hydrogen-bond donors (Lipinski definition) is 0. The molecule has 0 saturated carbocycles. The Morgan fingerprint density at radius 2 is 2.15 bits per heavy atom. The first-order valence-corrected chi connectivity index (χ1v) is 7.61. The summed E-state index contributed by atoms with van der Waals surface area (Å²) in [5, 5.41) is 1.94. The summed E-state index contributed by atoms with van der Waals surface area (Å²) in [7, 11) is 0. The smallest absolute Gasteiger partial charge is 0.168 e. The van der Waals surface area contributed by atoms with Crippen molar-refractivity contribution in [2.75, 3.05) is 0 Å². The Morgan fingerprint density at radius 3 is 3.00 bits per heavy atom. The van der Waals surface area contributed by atoms with Crippen molar-refractivity contribution < 1.29 is 9.18 Å². The molecule has 0 amide bonds. The monoisotopic (exact) mass is 349 g/mol. The maximum Gasteiger partial charge on any atom is 0.168 e. The molecule has 0 aliphatic rings. The lowest BCUT2D eigenvalue weighted by atomic mass is 10.0. The molecule has 2 nitrogen and oxygen atoms in total. The van der Waals surface area contributed by atoms with Crippen LogP contribution in [-0.4, -0.2) is 10.8 Å². The van der Waals surface area contributed by atoms with Crippen LogP contribution in [0, 0.1) is 5.82 Å². The van der Waals surface area contributed by atoms with Gasteiger partial charge in [0.05, 0.1) is 10.2 Å². The fourth-order valence-electron chi connectivity index (χ4n) is 1.95. The molecule has 3 rings (SSSR count). The lowest BCUT2D eigenvalue weighted by molar-refractivity contribution is 0.0992. The van der Waals surface area contributed by atoms with Crippen LogP contribution in [0.5, 0.6) is 0 Å². The summed E-state index contributed by atoms with van der Waals surface area (Å²) >= 11 is 4.88. The van der Waals surface area contributed by atoms with E-state index in [0.29, 0.717) is 11.1 Å². The molecular formula is C15H9BrFNOS. The molecule has 2 aromatic heterocycles. The minimum Gasteiger partial charge on any atom is -0.294 e. The van der Waals surface area contributed by atoms with Gasteiger partial charge in [0.15, 0.2) is 5.78 Å². The highest BCUT2D eigenvalue weighted by Gasteiger charge is 2.12. The predicted molar refractivity (Wildman–Crippen MR) is 81.8 cm³/mol. The van der Waals surface area contributed by atoms with Crippen molar-refractivity contribution in [3.8, 4) is 0 Å². The molecule has 1 aromatic carbocycles. The molecule has 3 aromatic rings. The van der Waals surface area contributed by atoms with E-state index in [1.165, 1.54) is 12.1 Å². The summed E-state index contributed by atoms with van der Waals surface area (Å²) < 4.78 is 14.9. The van der Waals surface area contributed by atoms with Crippen molar-refractivity contribution in [1.29, 1.82) is 0 Å². The second-order valence-electron chi connectivity index (χ2n) is 4.36. The summed E-state index contributed by atoms with van der Waals surface area (Å²) in [5.41, 5.74) is 2.08. The van der Waals surface area contributed by atoms with E-state index in [9.17, 15) is 9.18 Å². The lowest BCUT2D eigenvalue weighted by Crippen LogP contribution is -2.05. The summed E-state index contributed by atoms with van der Waals surface area (Å²) in [4.78, 5) is 16.5. The van der Waals surface area contributed by atoms with Gasteiger partial charge in [0.1, 0.15) is 5.82 Å². The third-order valence-corrected chi connectivity index (χ3v) is 4.61. The van der Waals surface area contributed by atoms with Crippen LogP contribution in [0.2, 0.25) is 0 Å².